The van der Waals surface area contributed by atoms with Crippen molar-refractivity contribution < 1.29 is 4.39 Å². The first-order valence-corrected chi connectivity index (χ1v) is 7.49. The van der Waals surface area contributed by atoms with E-state index in [-0.39, 0.29) is 5.82 Å². The second-order valence-electron chi connectivity index (χ2n) is 4.85. The van der Waals surface area contributed by atoms with Gasteiger partial charge in [0.1, 0.15) is 5.82 Å². The first-order chi connectivity index (χ1) is 10.2. The Balaban J connectivity index is 1.74. The first kappa shape index (κ1) is 14.2. The van der Waals surface area contributed by atoms with Crippen molar-refractivity contribution in [3.63, 3.8) is 0 Å². The summed E-state index contributed by atoms with van der Waals surface area (Å²) in [5.74, 6) is -0.216. The fourth-order valence-corrected chi connectivity index (χ4v) is 2.74. The second-order valence-corrected chi connectivity index (χ2v) is 5.71. The summed E-state index contributed by atoms with van der Waals surface area (Å²) in [6, 6.07) is 12.9. The maximum absolute atomic E-state index is 13.3. The van der Waals surface area contributed by atoms with E-state index in [1.807, 2.05) is 18.3 Å². The molecule has 4 heteroatoms. The topological polar surface area (TPSA) is 24.9 Å². The lowest BCUT2D eigenvalue weighted by Gasteiger charge is -2.09. The van der Waals surface area contributed by atoms with E-state index < -0.39 is 0 Å². The third-order valence-corrected chi connectivity index (χ3v) is 4.18. The number of aromatic nitrogens is 1. The van der Waals surface area contributed by atoms with Crippen LogP contribution in [-0.4, -0.2) is 4.98 Å². The van der Waals surface area contributed by atoms with Gasteiger partial charge in [0.15, 0.2) is 0 Å². The number of nitrogens with one attached hydrogen (secondary N) is 1. The summed E-state index contributed by atoms with van der Waals surface area (Å²) in [6.45, 7) is 1.34. The Morgan fingerprint density at radius 3 is 2.81 bits per heavy atom. The van der Waals surface area contributed by atoms with Crippen molar-refractivity contribution in [2.75, 3.05) is 0 Å². The van der Waals surface area contributed by atoms with E-state index in [1.54, 1.807) is 18.3 Å². The number of pyridine rings is 1. The Kier molecular flexibility index (Phi) is 4.27. The summed E-state index contributed by atoms with van der Waals surface area (Å²) in [5, 5.41) is 5.68. The van der Waals surface area contributed by atoms with Crippen molar-refractivity contribution in [1.82, 2.24) is 10.3 Å². The Morgan fingerprint density at radius 2 is 1.90 bits per heavy atom. The van der Waals surface area contributed by atoms with E-state index in [0.29, 0.717) is 6.54 Å². The molecule has 0 amide bonds. The van der Waals surface area contributed by atoms with E-state index in [2.05, 4.69) is 38.4 Å². The smallest absolute Gasteiger partial charge is 0.123 e. The molecule has 0 aliphatic rings. The summed E-state index contributed by atoms with van der Waals surface area (Å²) < 4.78 is 14.2. The van der Waals surface area contributed by atoms with Gasteiger partial charge >= 0.3 is 0 Å². The SMILES string of the molecule is Fc1ccc(Br)c(CNCc2cccc3cnccc23)c1. The summed E-state index contributed by atoms with van der Waals surface area (Å²) in [7, 11) is 0. The molecule has 2 nitrogen and oxygen atoms in total. The molecule has 0 spiro atoms. The third-order valence-electron chi connectivity index (χ3n) is 3.41. The van der Waals surface area contributed by atoms with Crippen LogP contribution in [0.2, 0.25) is 0 Å². The number of hydrogen-bond acceptors (Lipinski definition) is 2. The number of benzene rings is 2. The number of rotatable bonds is 4. The highest BCUT2D eigenvalue weighted by Crippen LogP contribution is 2.19. The van der Waals surface area contributed by atoms with Gasteiger partial charge in [-0.15, -0.1) is 0 Å². The van der Waals surface area contributed by atoms with Crippen LogP contribution in [0, 0.1) is 5.82 Å². The zero-order valence-electron chi connectivity index (χ0n) is 11.3. The van der Waals surface area contributed by atoms with E-state index in [1.165, 1.54) is 17.0 Å². The van der Waals surface area contributed by atoms with Gasteiger partial charge in [-0.25, -0.2) is 4.39 Å². The van der Waals surface area contributed by atoms with Gasteiger partial charge in [-0.1, -0.05) is 34.1 Å². The molecule has 0 saturated heterocycles. The number of halogens is 2. The largest absolute Gasteiger partial charge is 0.309 e. The number of nitrogens with zero attached hydrogens (tertiary/aromatic N) is 1. The average Bonchev–Trinajstić information content (AvgIpc) is 2.51. The molecule has 3 aromatic rings. The van der Waals surface area contributed by atoms with Crippen molar-refractivity contribution in [3.8, 4) is 0 Å². The van der Waals surface area contributed by atoms with Crippen LogP contribution < -0.4 is 5.32 Å². The van der Waals surface area contributed by atoms with Crippen LogP contribution in [0.1, 0.15) is 11.1 Å². The van der Waals surface area contributed by atoms with Crippen LogP contribution >= 0.6 is 15.9 Å². The molecule has 0 atom stereocenters. The first-order valence-electron chi connectivity index (χ1n) is 6.70. The molecule has 0 saturated carbocycles. The third kappa shape index (κ3) is 3.28. The van der Waals surface area contributed by atoms with Crippen molar-refractivity contribution >= 4 is 26.7 Å². The van der Waals surface area contributed by atoms with E-state index >= 15 is 0 Å². The monoisotopic (exact) mass is 344 g/mol. The Labute approximate surface area is 131 Å². The minimum atomic E-state index is -0.216. The molecule has 0 aliphatic heterocycles. The highest BCUT2D eigenvalue weighted by Gasteiger charge is 2.03. The Hall–Kier alpha value is -1.78. The van der Waals surface area contributed by atoms with Crippen molar-refractivity contribution in [2.24, 2.45) is 0 Å². The highest BCUT2D eigenvalue weighted by atomic mass is 79.9. The summed E-state index contributed by atoms with van der Waals surface area (Å²) >= 11 is 3.44. The molecule has 0 aliphatic carbocycles. The minimum Gasteiger partial charge on any atom is -0.309 e. The molecule has 21 heavy (non-hydrogen) atoms. The van der Waals surface area contributed by atoms with E-state index in [9.17, 15) is 4.39 Å². The van der Waals surface area contributed by atoms with Gasteiger partial charge in [0.2, 0.25) is 0 Å². The van der Waals surface area contributed by atoms with Crippen LogP contribution in [0.5, 0.6) is 0 Å². The maximum atomic E-state index is 13.3. The molecule has 106 valence electrons. The number of hydrogen-bond donors (Lipinski definition) is 1. The van der Waals surface area contributed by atoms with Gasteiger partial charge in [-0.05, 0) is 40.8 Å². The van der Waals surface area contributed by atoms with Gasteiger partial charge in [0.25, 0.3) is 0 Å². The normalized spacial score (nSPS) is 11.0. The summed E-state index contributed by atoms with van der Waals surface area (Å²) in [4.78, 5) is 4.13. The lowest BCUT2D eigenvalue weighted by atomic mass is 10.1. The molecule has 1 heterocycles. The standard InChI is InChI=1S/C17H14BrFN2/c18-17-5-4-15(19)8-14(17)11-21-10-13-3-1-2-12-9-20-7-6-16(12)13/h1-9,21H,10-11H2. The van der Waals surface area contributed by atoms with Crippen LogP contribution in [0.4, 0.5) is 4.39 Å². The fourth-order valence-electron chi connectivity index (χ4n) is 2.35. The molecule has 3 rings (SSSR count). The fraction of sp³-hybridized carbons (Fsp3) is 0.118. The predicted molar refractivity (Wildman–Crippen MR) is 86.4 cm³/mol. The van der Waals surface area contributed by atoms with Crippen molar-refractivity contribution in [1.29, 1.82) is 0 Å². The summed E-state index contributed by atoms with van der Waals surface area (Å²) in [6.07, 6.45) is 3.66. The molecule has 0 radical (unpaired) electrons. The molecule has 0 bridgehead atoms. The van der Waals surface area contributed by atoms with Crippen molar-refractivity contribution in [2.45, 2.75) is 13.1 Å². The van der Waals surface area contributed by atoms with Crippen LogP contribution in [0.15, 0.2) is 59.3 Å². The Bertz CT molecular complexity index is 768. The van der Waals surface area contributed by atoms with Crippen LogP contribution in [0.25, 0.3) is 10.8 Å². The van der Waals surface area contributed by atoms with E-state index in [4.69, 9.17) is 0 Å². The lowest BCUT2D eigenvalue weighted by molar-refractivity contribution is 0.619. The lowest BCUT2D eigenvalue weighted by Crippen LogP contribution is -2.13. The molecule has 1 aromatic heterocycles. The van der Waals surface area contributed by atoms with Gasteiger partial charge < -0.3 is 5.32 Å². The van der Waals surface area contributed by atoms with Gasteiger partial charge in [-0.3, -0.25) is 4.98 Å². The summed E-state index contributed by atoms with van der Waals surface area (Å²) in [5.41, 5.74) is 2.12. The quantitative estimate of drug-likeness (QED) is 0.757. The van der Waals surface area contributed by atoms with Crippen LogP contribution in [-0.2, 0) is 13.1 Å². The van der Waals surface area contributed by atoms with Crippen molar-refractivity contribution in [3.05, 3.63) is 76.3 Å². The molecule has 0 fully saturated rings. The molecule has 0 unspecified atom stereocenters. The van der Waals surface area contributed by atoms with Gasteiger partial charge in [-0.2, -0.15) is 0 Å². The van der Waals surface area contributed by atoms with Crippen LogP contribution in [0.3, 0.4) is 0 Å². The predicted octanol–water partition coefficient (Wildman–Crippen LogP) is 4.43. The Morgan fingerprint density at radius 1 is 1.05 bits per heavy atom. The highest BCUT2D eigenvalue weighted by molar-refractivity contribution is 9.10. The van der Waals surface area contributed by atoms with Gasteiger partial charge in [0.05, 0.1) is 0 Å². The molecule has 1 N–H and O–H groups in total. The zero-order valence-corrected chi connectivity index (χ0v) is 12.9. The average molecular weight is 345 g/mol. The van der Waals surface area contributed by atoms with Gasteiger partial charge in [0, 0.05) is 35.3 Å². The zero-order chi connectivity index (χ0) is 14.7. The molecular weight excluding hydrogens is 331 g/mol. The molecular formula is C17H14BrFN2. The minimum absolute atomic E-state index is 0.216. The number of fused-ring (bicyclic) bond motifs is 1. The molecule has 2 aromatic carbocycles. The maximum Gasteiger partial charge on any atom is 0.123 e. The van der Waals surface area contributed by atoms with E-state index in [0.717, 1.165) is 22.0 Å². The second kappa shape index (κ2) is 6.33.